The summed E-state index contributed by atoms with van der Waals surface area (Å²) in [5.74, 6) is 1.97. The van der Waals surface area contributed by atoms with Gasteiger partial charge in [-0.3, -0.25) is 14.8 Å². The van der Waals surface area contributed by atoms with Crippen molar-refractivity contribution in [1.82, 2.24) is 35.0 Å². The van der Waals surface area contributed by atoms with Crippen LogP contribution in [-0.2, 0) is 6.54 Å². The Kier molecular flexibility index (Phi) is 5.36. The Bertz CT molecular complexity index is 881. The number of hydrogen-bond acceptors (Lipinski definition) is 7. The van der Waals surface area contributed by atoms with Crippen LogP contribution in [0, 0.1) is 0 Å². The molecule has 2 fully saturated rings. The van der Waals surface area contributed by atoms with E-state index >= 15 is 0 Å². The molecular weight excluding hydrogens is 366 g/mol. The van der Waals surface area contributed by atoms with E-state index in [9.17, 15) is 0 Å². The van der Waals surface area contributed by atoms with Crippen LogP contribution in [-0.4, -0.2) is 61.2 Å². The zero-order valence-corrected chi connectivity index (χ0v) is 16.6. The molecule has 8 heteroatoms. The molecule has 0 amide bonds. The fraction of sp³-hybridized carbons (Fsp3) is 0.524. The topological polar surface area (TPSA) is 76.1 Å². The van der Waals surface area contributed by atoms with E-state index in [-0.39, 0.29) is 6.04 Å². The maximum atomic E-state index is 5.52. The monoisotopic (exact) mass is 393 g/mol. The molecule has 0 N–H and O–H groups in total. The third-order valence-electron chi connectivity index (χ3n) is 6.17. The van der Waals surface area contributed by atoms with Gasteiger partial charge in [0.15, 0.2) is 5.82 Å². The van der Waals surface area contributed by atoms with Crippen LogP contribution >= 0.6 is 0 Å². The lowest BCUT2D eigenvalue weighted by Crippen LogP contribution is -2.48. The number of pyridine rings is 1. The first kappa shape index (κ1) is 18.4. The van der Waals surface area contributed by atoms with E-state index in [0.717, 1.165) is 62.7 Å². The number of hydrogen-bond donors (Lipinski definition) is 0. The van der Waals surface area contributed by atoms with Crippen LogP contribution in [0.15, 0.2) is 47.3 Å². The number of tetrazole rings is 1. The van der Waals surface area contributed by atoms with Crippen LogP contribution < -0.4 is 0 Å². The first-order valence-electron chi connectivity index (χ1n) is 10.5. The highest BCUT2D eigenvalue weighted by molar-refractivity contribution is 5.22. The van der Waals surface area contributed by atoms with Crippen molar-refractivity contribution in [3.05, 3.63) is 60.1 Å². The first-order valence-corrected chi connectivity index (χ1v) is 10.5. The lowest BCUT2D eigenvalue weighted by molar-refractivity contribution is 0.0946. The predicted molar refractivity (Wildman–Crippen MR) is 107 cm³/mol. The highest BCUT2D eigenvalue weighted by Gasteiger charge is 2.33. The zero-order chi connectivity index (χ0) is 19.5. The fourth-order valence-corrected chi connectivity index (χ4v) is 4.65. The number of furan rings is 1. The van der Waals surface area contributed by atoms with Crippen molar-refractivity contribution in [3.63, 3.8) is 0 Å². The van der Waals surface area contributed by atoms with Crippen molar-refractivity contribution < 1.29 is 4.42 Å². The lowest BCUT2D eigenvalue weighted by Gasteiger charge is -2.38. The van der Waals surface area contributed by atoms with Gasteiger partial charge in [-0.15, -0.1) is 5.10 Å². The second-order valence-electron chi connectivity index (χ2n) is 8.00. The summed E-state index contributed by atoms with van der Waals surface area (Å²) >= 11 is 0. The number of piperazine rings is 1. The maximum absolute atomic E-state index is 5.52. The molecule has 4 heterocycles. The molecule has 152 valence electrons. The summed E-state index contributed by atoms with van der Waals surface area (Å²) in [4.78, 5) is 9.31. The van der Waals surface area contributed by atoms with Crippen molar-refractivity contribution in [2.45, 2.75) is 44.3 Å². The van der Waals surface area contributed by atoms with E-state index in [1.54, 1.807) is 6.26 Å². The molecule has 8 nitrogen and oxygen atoms in total. The minimum Gasteiger partial charge on any atom is -0.468 e. The molecule has 1 unspecified atom stereocenters. The average Bonchev–Trinajstić information content (AvgIpc) is 3.53. The van der Waals surface area contributed by atoms with Crippen molar-refractivity contribution >= 4 is 0 Å². The predicted octanol–water partition coefficient (Wildman–Crippen LogP) is 2.68. The van der Waals surface area contributed by atoms with Gasteiger partial charge in [0.25, 0.3) is 0 Å². The van der Waals surface area contributed by atoms with Crippen molar-refractivity contribution in [2.75, 3.05) is 26.2 Å². The number of aromatic nitrogens is 5. The van der Waals surface area contributed by atoms with Crippen LogP contribution in [0.2, 0.25) is 0 Å². The van der Waals surface area contributed by atoms with Gasteiger partial charge in [0.1, 0.15) is 5.76 Å². The molecular formula is C21H27N7O. The van der Waals surface area contributed by atoms with Gasteiger partial charge in [0.2, 0.25) is 0 Å². The molecule has 0 aromatic carbocycles. The normalized spacial score (nSPS) is 20.3. The second kappa shape index (κ2) is 8.42. The van der Waals surface area contributed by atoms with E-state index in [2.05, 4.69) is 41.1 Å². The summed E-state index contributed by atoms with van der Waals surface area (Å²) in [6, 6.07) is 8.58. The van der Waals surface area contributed by atoms with Gasteiger partial charge in [0, 0.05) is 38.6 Å². The van der Waals surface area contributed by atoms with Gasteiger partial charge in [-0.25, -0.2) is 4.68 Å². The summed E-state index contributed by atoms with van der Waals surface area (Å²) < 4.78 is 7.60. The van der Waals surface area contributed by atoms with E-state index in [1.807, 2.05) is 30.6 Å². The minimum atomic E-state index is 0.0325. The Morgan fingerprint density at radius 1 is 1.07 bits per heavy atom. The maximum Gasteiger partial charge on any atom is 0.173 e. The van der Waals surface area contributed by atoms with Gasteiger partial charge in [-0.2, -0.15) is 0 Å². The number of nitrogens with zero attached hydrogens (tertiary/aromatic N) is 7. The highest BCUT2D eigenvalue weighted by Crippen LogP contribution is 2.34. The summed E-state index contributed by atoms with van der Waals surface area (Å²) in [5.41, 5.74) is 1.15. The third-order valence-corrected chi connectivity index (χ3v) is 6.17. The van der Waals surface area contributed by atoms with Crippen LogP contribution in [0.5, 0.6) is 0 Å². The SMILES string of the molecule is c1cncc(C(c2nnnn2C2CCCC2)N2CCN(Cc3ccco3)CC2)c1. The Morgan fingerprint density at radius 3 is 2.66 bits per heavy atom. The van der Waals surface area contributed by atoms with Crippen molar-refractivity contribution in [3.8, 4) is 0 Å². The van der Waals surface area contributed by atoms with Gasteiger partial charge in [-0.1, -0.05) is 18.9 Å². The number of rotatable bonds is 6. The first-order chi connectivity index (χ1) is 14.4. The van der Waals surface area contributed by atoms with E-state index < -0.39 is 0 Å². The second-order valence-corrected chi connectivity index (χ2v) is 8.00. The summed E-state index contributed by atoms with van der Waals surface area (Å²) in [5, 5.41) is 13.0. The Balaban J connectivity index is 1.37. The van der Waals surface area contributed by atoms with Gasteiger partial charge in [-0.05, 0) is 47.0 Å². The molecule has 1 saturated carbocycles. The van der Waals surface area contributed by atoms with E-state index in [1.165, 1.54) is 12.8 Å². The summed E-state index contributed by atoms with van der Waals surface area (Å²) in [7, 11) is 0. The van der Waals surface area contributed by atoms with Gasteiger partial charge >= 0.3 is 0 Å². The Hall–Kier alpha value is -2.58. The Morgan fingerprint density at radius 2 is 1.93 bits per heavy atom. The molecule has 1 atom stereocenters. The molecule has 2 aliphatic rings. The largest absolute Gasteiger partial charge is 0.468 e. The molecule has 29 heavy (non-hydrogen) atoms. The van der Waals surface area contributed by atoms with Crippen molar-refractivity contribution in [1.29, 1.82) is 0 Å². The minimum absolute atomic E-state index is 0.0325. The standard InChI is InChI=1S/C21H27N7O/c1-2-7-18(6-1)28-21(23-24-25-28)20(17-5-3-9-22-15-17)27-12-10-26(11-13-27)16-19-8-4-14-29-19/h3-5,8-9,14-15,18,20H,1-2,6-7,10-13,16H2. The van der Waals surface area contributed by atoms with Gasteiger partial charge < -0.3 is 4.42 Å². The molecule has 3 aromatic rings. The lowest BCUT2D eigenvalue weighted by atomic mass is 10.0. The fourth-order valence-electron chi connectivity index (χ4n) is 4.65. The summed E-state index contributed by atoms with van der Waals surface area (Å²) in [6.07, 6.45) is 10.4. The van der Waals surface area contributed by atoms with E-state index in [0.29, 0.717) is 6.04 Å². The van der Waals surface area contributed by atoms with Gasteiger partial charge in [0.05, 0.1) is 24.9 Å². The highest BCUT2D eigenvalue weighted by atomic mass is 16.3. The average molecular weight is 393 g/mol. The van der Waals surface area contributed by atoms with E-state index in [4.69, 9.17) is 4.42 Å². The Labute approximate surface area is 170 Å². The molecule has 1 saturated heterocycles. The van der Waals surface area contributed by atoms with Crippen LogP contribution in [0.4, 0.5) is 0 Å². The zero-order valence-electron chi connectivity index (χ0n) is 16.6. The smallest absolute Gasteiger partial charge is 0.173 e. The molecule has 1 aliphatic carbocycles. The molecule has 1 aliphatic heterocycles. The summed E-state index contributed by atoms with van der Waals surface area (Å²) in [6.45, 7) is 4.75. The van der Waals surface area contributed by atoms with Crippen LogP contribution in [0.25, 0.3) is 0 Å². The van der Waals surface area contributed by atoms with Crippen LogP contribution in [0.3, 0.4) is 0 Å². The molecule has 0 spiro atoms. The quantitative estimate of drug-likeness (QED) is 0.637. The van der Waals surface area contributed by atoms with Crippen LogP contribution in [0.1, 0.15) is 54.9 Å². The molecule has 3 aromatic heterocycles. The molecule has 0 bridgehead atoms. The molecule has 5 rings (SSSR count). The third kappa shape index (κ3) is 3.95. The van der Waals surface area contributed by atoms with Crippen molar-refractivity contribution in [2.24, 2.45) is 0 Å². The molecule has 0 radical (unpaired) electrons.